The van der Waals surface area contributed by atoms with Gasteiger partial charge in [-0.05, 0) is 42.2 Å². The number of ketones is 1. The molecule has 0 aliphatic carbocycles. The number of hydrogen-bond acceptors (Lipinski definition) is 9. The van der Waals surface area contributed by atoms with Crippen LogP contribution in [0.4, 0.5) is 19.2 Å². The number of oxazole rings is 1. The van der Waals surface area contributed by atoms with Gasteiger partial charge in [0.05, 0.1) is 18.7 Å². The van der Waals surface area contributed by atoms with Crippen LogP contribution < -0.4 is 15.4 Å². The summed E-state index contributed by atoms with van der Waals surface area (Å²) in [5.41, 5.74) is 3.64. The Bertz CT molecular complexity index is 1630. The van der Waals surface area contributed by atoms with E-state index in [1.807, 2.05) is 27.7 Å². The summed E-state index contributed by atoms with van der Waals surface area (Å²) in [5.74, 6) is -2.62. The van der Waals surface area contributed by atoms with Gasteiger partial charge in [0.1, 0.15) is 17.1 Å². The van der Waals surface area contributed by atoms with Gasteiger partial charge in [-0.2, -0.15) is 23.4 Å². The first-order chi connectivity index (χ1) is 20.0. The number of alkyl halides is 3. The van der Waals surface area contributed by atoms with Crippen LogP contribution in [0.5, 0.6) is 5.75 Å². The summed E-state index contributed by atoms with van der Waals surface area (Å²) in [6, 6.07) is 6.91. The van der Waals surface area contributed by atoms with Crippen molar-refractivity contribution in [3.63, 3.8) is 0 Å². The third-order valence-electron chi connectivity index (χ3n) is 6.27. The van der Waals surface area contributed by atoms with Crippen LogP contribution in [0.2, 0.25) is 0 Å². The molecular weight excluding hydrogens is 573 g/mol. The van der Waals surface area contributed by atoms with Gasteiger partial charge in [0, 0.05) is 30.3 Å². The van der Waals surface area contributed by atoms with Gasteiger partial charge in [-0.3, -0.25) is 15.0 Å². The topological polar surface area (TPSA) is 182 Å². The highest BCUT2D eigenvalue weighted by molar-refractivity contribution is 6.08. The Labute approximate surface area is 243 Å². The number of carboxylic acid groups (broad SMARTS) is 1. The summed E-state index contributed by atoms with van der Waals surface area (Å²) in [7, 11) is 1.54. The highest BCUT2D eigenvalue weighted by Gasteiger charge is 2.38. The standard InChI is InChI=1S/C26H28N6O4.C2HF3O2/c1-6-35-21-9-15-11-32(23(28)16(15)10-17(21)24(34)29-5)12-20(33)14-7-18(26(2,3)4)22-19(8-14)31-25(36-22)30-13-27;3-2(4,5)1(6)7/h7-10,28H,6,11-12H2,1-5H3,(H,29,34)(H,30,31);(H,6,7). The molecule has 3 aromatic rings. The summed E-state index contributed by atoms with van der Waals surface area (Å²) in [6.07, 6.45) is -3.29. The monoisotopic (exact) mass is 602 g/mol. The number of nitriles is 1. The quantitative estimate of drug-likeness (QED) is 0.171. The van der Waals surface area contributed by atoms with E-state index in [4.69, 9.17) is 29.7 Å². The zero-order valence-corrected chi connectivity index (χ0v) is 23.9. The Kier molecular flexibility index (Phi) is 9.33. The lowest BCUT2D eigenvalue weighted by Crippen LogP contribution is -2.30. The maximum atomic E-state index is 13.4. The summed E-state index contributed by atoms with van der Waals surface area (Å²) in [6.45, 7) is 8.57. The maximum Gasteiger partial charge on any atom is 0.490 e. The van der Waals surface area contributed by atoms with E-state index >= 15 is 0 Å². The molecule has 1 aliphatic rings. The van der Waals surface area contributed by atoms with Crippen molar-refractivity contribution in [1.29, 1.82) is 10.7 Å². The number of benzene rings is 2. The molecule has 1 amide bonds. The van der Waals surface area contributed by atoms with Crippen molar-refractivity contribution in [2.45, 2.75) is 45.8 Å². The average Bonchev–Trinajstić information content (AvgIpc) is 3.46. The van der Waals surface area contributed by atoms with Gasteiger partial charge in [-0.15, -0.1) is 0 Å². The summed E-state index contributed by atoms with van der Waals surface area (Å²) >= 11 is 0. The number of ether oxygens (including phenoxy) is 1. The number of carboxylic acids is 1. The molecule has 0 radical (unpaired) electrons. The number of fused-ring (bicyclic) bond motifs is 2. The summed E-state index contributed by atoms with van der Waals surface area (Å²) in [4.78, 5) is 40.6. The molecule has 43 heavy (non-hydrogen) atoms. The van der Waals surface area contributed by atoms with Gasteiger partial charge in [-0.25, -0.2) is 10.1 Å². The fourth-order valence-corrected chi connectivity index (χ4v) is 4.27. The number of amidine groups is 1. The second-order valence-electron chi connectivity index (χ2n) is 10.3. The minimum absolute atomic E-state index is 0.0248. The zero-order valence-electron chi connectivity index (χ0n) is 23.9. The van der Waals surface area contributed by atoms with Gasteiger partial charge < -0.3 is 24.5 Å². The smallest absolute Gasteiger partial charge is 0.490 e. The number of anilines is 1. The average molecular weight is 603 g/mol. The summed E-state index contributed by atoms with van der Waals surface area (Å²) < 4.78 is 43.1. The first kappa shape index (κ1) is 32.4. The molecule has 1 aliphatic heterocycles. The van der Waals surface area contributed by atoms with Crippen molar-refractivity contribution in [2.24, 2.45) is 0 Å². The largest absolute Gasteiger partial charge is 0.493 e. The van der Waals surface area contributed by atoms with Crippen LogP contribution in [-0.4, -0.2) is 64.9 Å². The Balaban J connectivity index is 0.000000646. The molecule has 1 aromatic heterocycles. The lowest BCUT2D eigenvalue weighted by molar-refractivity contribution is -0.192. The lowest BCUT2D eigenvalue weighted by Gasteiger charge is -2.21. The van der Waals surface area contributed by atoms with E-state index in [0.29, 0.717) is 46.7 Å². The minimum Gasteiger partial charge on any atom is -0.493 e. The van der Waals surface area contributed by atoms with Crippen LogP contribution in [0.15, 0.2) is 28.7 Å². The predicted molar refractivity (Wildman–Crippen MR) is 148 cm³/mol. The number of rotatable bonds is 7. The zero-order chi connectivity index (χ0) is 32.3. The fourth-order valence-electron chi connectivity index (χ4n) is 4.27. The van der Waals surface area contributed by atoms with E-state index in [-0.39, 0.29) is 35.5 Å². The van der Waals surface area contributed by atoms with Crippen molar-refractivity contribution in [3.8, 4) is 11.9 Å². The lowest BCUT2D eigenvalue weighted by atomic mass is 9.85. The molecule has 4 N–H and O–H groups in total. The molecule has 12 nitrogen and oxygen atoms in total. The molecule has 4 rings (SSSR count). The van der Waals surface area contributed by atoms with Crippen LogP contribution in [0.25, 0.3) is 11.1 Å². The molecule has 0 saturated heterocycles. The van der Waals surface area contributed by atoms with E-state index in [2.05, 4.69) is 15.6 Å². The van der Waals surface area contributed by atoms with E-state index in [0.717, 1.165) is 11.1 Å². The SMILES string of the molecule is CCOc1cc2c(cc1C(=O)NC)C(=N)N(CC(=O)c1cc(C(C)(C)C)c3oc(NC#N)nc3c1)C2.O=C(O)C(F)(F)F. The van der Waals surface area contributed by atoms with Crippen molar-refractivity contribution in [3.05, 3.63) is 52.1 Å². The summed E-state index contributed by atoms with van der Waals surface area (Å²) in [5, 5.41) is 29.7. The number of carbonyl (C=O) groups excluding carboxylic acids is 2. The first-order valence-corrected chi connectivity index (χ1v) is 12.8. The molecule has 0 bridgehead atoms. The van der Waals surface area contributed by atoms with Crippen LogP contribution >= 0.6 is 0 Å². The minimum atomic E-state index is -5.08. The van der Waals surface area contributed by atoms with E-state index in [1.54, 1.807) is 42.4 Å². The van der Waals surface area contributed by atoms with E-state index in [9.17, 15) is 22.8 Å². The number of aliphatic carboxylic acids is 1. The Morgan fingerprint density at radius 2 is 1.86 bits per heavy atom. The van der Waals surface area contributed by atoms with Gasteiger partial charge >= 0.3 is 18.2 Å². The predicted octanol–water partition coefficient (Wildman–Crippen LogP) is 4.43. The number of halogens is 3. The fraction of sp³-hybridized carbons (Fsp3) is 0.357. The highest BCUT2D eigenvalue weighted by atomic mass is 19.4. The van der Waals surface area contributed by atoms with E-state index in [1.165, 1.54) is 0 Å². The Morgan fingerprint density at radius 1 is 1.21 bits per heavy atom. The Hall–Kier alpha value is -5.13. The number of amides is 1. The van der Waals surface area contributed by atoms with Crippen molar-refractivity contribution < 1.29 is 41.8 Å². The molecule has 0 saturated carbocycles. The molecule has 0 fully saturated rings. The maximum absolute atomic E-state index is 13.4. The first-order valence-electron chi connectivity index (χ1n) is 12.8. The second kappa shape index (κ2) is 12.4. The number of aromatic nitrogens is 1. The Morgan fingerprint density at radius 3 is 2.40 bits per heavy atom. The number of Topliss-reactive ketones (excluding diaryl/α,β-unsaturated/α-hetero) is 1. The van der Waals surface area contributed by atoms with Crippen molar-refractivity contribution >= 4 is 40.6 Å². The molecule has 0 unspecified atom stereocenters. The molecule has 228 valence electrons. The highest BCUT2D eigenvalue weighted by Crippen LogP contribution is 2.34. The van der Waals surface area contributed by atoms with Gasteiger partial charge in [0.25, 0.3) is 5.91 Å². The van der Waals surface area contributed by atoms with Crippen LogP contribution in [0, 0.1) is 16.9 Å². The number of hydrogen-bond donors (Lipinski definition) is 4. The van der Waals surface area contributed by atoms with Crippen molar-refractivity contribution in [2.75, 3.05) is 25.5 Å². The van der Waals surface area contributed by atoms with E-state index < -0.39 is 12.1 Å². The molecular formula is C28H29F3N6O6. The van der Waals surface area contributed by atoms with Crippen LogP contribution in [-0.2, 0) is 16.8 Å². The molecule has 2 heterocycles. The third kappa shape index (κ3) is 7.21. The number of nitrogens with one attached hydrogen (secondary N) is 3. The van der Waals surface area contributed by atoms with Gasteiger partial charge in [-0.1, -0.05) is 20.8 Å². The van der Waals surface area contributed by atoms with Crippen molar-refractivity contribution in [1.82, 2.24) is 15.2 Å². The molecule has 0 spiro atoms. The second-order valence-corrected chi connectivity index (χ2v) is 10.3. The molecule has 2 aromatic carbocycles. The van der Waals surface area contributed by atoms with Crippen LogP contribution in [0.1, 0.15) is 65.1 Å². The number of carbonyl (C=O) groups is 3. The molecule has 0 atom stereocenters. The number of nitrogens with zero attached hydrogens (tertiary/aromatic N) is 3. The van der Waals surface area contributed by atoms with Gasteiger partial charge in [0.15, 0.2) is 17.6 Å². The molecule has 15 heteroatoms. The van der Waals surface area contributed by atoms with Crippen LogP contribution in [0.3, 0.4) is 0 Å². The van der Waals surface area contributed by atoms with Gasteiger partial charge in [0.2, 0.25) is 0 Å². The normalized spacial score (nSPS) is 12.6. The third-order valence-corrected chi connectivity index (χ3v) is 6.27.